The molecule has 0 fully saturated rings. The van der Waals surface area contributed by atoms with E-state index >= 15 is 0 Å². The van der Waals surface area contributed by atoms with Gasteiger partial charge in [-0.15, -0.1) is 10.2 Å². The quantitative estimate of drug-likeness (QED) is 0.787. The van der Waals surface area contributed by atoms with Crippen molar-refractivity contribution < 1.29 is 22.8 Å². The number of alkyl halides is 3. The third-order valence-corrected chi connectivity index (χ3v) is 5.12. The highest BCUT2D eigenvalue weighted by atomic mass is 19.4. The molecule has 3 heterocycles. The molecule has 0 saturated heterocycles. The average Bonchev–Trinajstić information content (AvgIpc) is 3.27. The molecule has 2 aliphatic heterocycles. The number of carbonyl (C=O) groups excluding carboxylic acids is 1. The van der Waals surface area contributed by atoms with Gasteiger partial charge in [0.25, 0.3) is 5.91 Å². The van der Waals surface area contributed by atoms with Crippen molar-refractivity contribution in [1.29, 1.82) is 0 Å². The fourth-order valence-electron chi connectivity index (χ4n) is 3.62. The van der Waals surface area contributed by atoms with Crippen molar-refractivity contribution in [3.63, 3.8) is 0 Å². The van der Waals surface area contributed by atoms with E-state index < -0.39 is 23.6 Å². The Hall–Kier alpha value is -2.91. The van der Waals surface area contributed by atoms with Crippen molar-refractivity contribution in [3.05, 3.63) is 47.5 Å². The fraction of sp³-hybridized carbons (Fsp3) is 0.444. The summed E-state index contributed by atoms with van der Waals surface area (Å²) >= 11 is 0. The van der Waals surface area contributed by atoms with Crippen LogP contribution in [-0.2, 0) is 22.4 Å². The summed E-state index contributed by atoms with van der Waals surface area (Å²) in [6.07, 6.45) is -4.31. The van der Waals surface area contributed by atoms with Gasteiger partial charge in [0, 0.05) is 19.5 Å². The highest BCUT2D eigenvalue weighted by Crippen LogP contribution is 2.35. The van der Waals surface area contributed by atoms with E-state index in [9.17, 15) is 18.0 Å². The third-order valence-electron chi connectivity index (χ3n) is 5.12. The molecule has 2 aromatic rings. The maximum absolute atomic E-state index is 13.2. The zero-order chi connectivity index (χ0) is 20.1. The van der Waals surface area contributed by atoms with Crippen molar-refractivity contribution in [1.82, 2.24) is 19.7 Å². The highest BCUT2D eigenvalue weighted by Gasteiger charge is 2.48. The summed E-state index contributed by atoms with van der Waals surface area (Å²) in [5, 5.41) is 11.0. The maximum Gasteiger partial charge on any atom is 0.451 e. The smallest absolute Gasteiger partial charge is 0.379 e. The Morgan fingerprint density at radius 2 is 1.93 bits per heavy atom. The average molecular weight is 393 g/mol. The number of fused-ring (bicyclic) bond motifs is 1. The minimum Gasteiger partial charge on any atom is -0.379 e. The van der Waals surface area contributed by atoms with Gasteiger partial charge in [0.15, 0.2) is 5.82 Å². The summed E-state index contributed by atoms with van der Waals surface area (Å²) in [5.74, 6) is -1.27. The molecule has 28 heavy (non-hydrogen) atoms. The number of carbonyl (C=O) groups is 1. The molecular formula is C18H18F3N5O2. The number of hydrogen-bond acceptors (Lipinski definition) is 5. The standard InChI is InChI=1S/C18H18F3N5O2/c1-11-14-22-23-15(18(19,20)21)26(14)9-8-25(11)16(27)17(2)10-13(24-28-17)12-6-4-3-5-7-12/h3-7,11H,8-10H2,1-2H3. The predicted octanol–water partition coefficient (Wildman–Crippen LogP) is 2.78. The number of nitrogens with zero attached hydrogens (tertiary/aromatic N) is 5. The van der Waals surface area contributed by atoms with Crippen LogP contribution in [-0.4, -0.2) is 43.4 Å². The molecule has 10 heteroatoms. The largest absolute Gasteiger partial charge is 0.451 e. The number of benzene rings is 1. The lowest BCUT2D eigenvalue weighted by atomic mass is 9.93. The second-order valence-corrected chi connectivity index (χ2v) is 7.11. The van der Waals surface area contributed by atoms with E-state index in [1.54, 1.807) is 13.8 Å². The first kappa shape index (κ1) is 18.5. The first-order chi connectivity index (χ1) is 13.2. The van der Waals surface area contributed by atoms with Gasteiger partial charge in [0.1, 0.15) is 0 Å². The van der Waals surface area contributed by atoms with Gasteiger partial charge in [-0.05, 0) is 19.4 Å². The number of aromatic nitrogens is 3. The number of rotatable bonds is 2. The Balaban J connectivity index is 1.54. The zero-order valence-electron chi connectivity index (χ0n) is 15.3. The first-order valence-electron chi connectivity index (χ1n) is 8.82. The van der Waals surface area contributed by atoms with Crippen molar-refractivity contribution in [2.24, 2.45) is 5.16 Å². The van der Waals surface area contributed by atoms with Gasteiger partial charge in [0.2, 0.25) is 11.4 Å². The van der Waals surface area contributed by atoms with Crippen LogP contribution < -0.4 is 0 Å². The van der Waals surface area contributed by atoms with Crippen LogP contribution in [0, 0.1) is 0 Å². The van der Waals surface area contributed by atoms with E-state index in [-0.39, 0.29) is 31.2 Å². The number of oxime groups is 1. The van der Waals surface area contributed by atoms with Crippen LogP contribution in [0.4, 0.5) is 13.2 Å². The molecule has 1 aromatic carbocycles. The minimum absolute atomic E-state index is 0.0320. The topological polar surface area (TPSA) is 72.6 Å². The van der Waals surface area contributed by atoms with E-state index in [1.807, 2.05) is 30.3 Å². The third kappa shape index (κ3) is 2.92. The second kappa shape index (κ2) is 6.32. The molecule has 0 radical (unpaired) electrons. The zero-order valence-corrected chi connectivity index (χ0v) is 15.3. The molecular weight excluding hydrogens is 375 g/mol. The van der Waals surface area contributed by atoms with Crippen molar-refractivity contribution >= 4 is 11.6 Å². The molecule has 148 valence electrons. The summed E-state index contributed by atoms with van der Waals surface area (Å²) < 4.78 is 40.2. The molecule has 0 aliphatic carbocycles. The molecule has 2 aliphatic rings. The van der Waals surface area contributed by atoms with Gasteiger partial charge in [-0.25, -0.2) is 0 Å². The van der Waals surface area contributed by atoms with Crippen LogP contribution in [0.2, 0.25) is 0 Å². The monoisotopic (exact) mass is 393 g/mol. The molecule has 1 amide bonds. The fourth-order valence-corrected chi connectivity index (χ4v) is 3.62. The van der Waals surface area contributed by atoms with E-state index in [0.29, 0.717) is 5.71 Å². The highest BCUT2D eigenvalue weighted by molar-refractivity contribution is 6.05. The SMILES string of the molecule is CC1c2nnc(C(F)(F)F)n2CCN1C(=O)C1(C)CC(c2ccccc2)=NO1. The molecule has 0 bridgehead atoms. The Morgan fingerprint density at radius 3 is 2.61 bits per heavy atom. The molecule has 0 saturated carbocycles. The Bertz CT molecular complexity index is 940. The summed E-state index contributed by atoms with van der Waals surface area (Å²) in [6, 6.07) is 8.71. The van der Waals surface area contributed by atoms with E-state index in [1.165, 1.54) is 4.90 Å². The van der Waals surface area contributed by atoms with E-state index in [0.717, 1.165) is 10.1 Å². The van der Waals surface area contributed by atoms with Crippen LogP contribution in [0.3, 0.4) is 0 Å². The van der Waals surface area contributed by atoms with E-state index in [2.05, 4.69) is 15.4 Å². The maximum atomic E-state index is 13.2. The molecule has 7 nitrogen and oxygen atoms in total. The van der Waals surface area contributed by atoms with Gasteiger partial charge in [-0.2, -0.15) is 13.2 Å². The van der Waals surface area contributed by atoms with Crippen LogP contribution in [0.1, 0.15) is 43.5 Å². The summed E-state index contributed by atoms with van der Waals surface area (Å²) in [6.45, 7) is 3.35. The van der Waals surface area contributed by atoms with Gasteiger partial charge in [-0.1, -0.05) is 35.5 Å². The van der Waals surface area contributed by atoms with Crippen molar-refractivity contribution in [2.45, 2.75) is 44.6 Å². The number of hydrogen-bond donors (Lipinski definition) is 0. The molecule has 0 N–H and O–H groups in total. The van der Waals surface area contributed by atoms with Gasteiger partial charge < -0.3 is 14.3 Å². The van der Waals surface area contributed by atoms with Crippen LogP contribution in [0.5, 0.6) is 0 Å². The predicted molar refractivity (Wildman–Crippen MR) is 92.2 cm³/mol. The Kier molecular flexibility index (Phi) is 4.16. The van der Waals surface area contributed by atoms with Crippen LogP contribution in [0.15, 0.2) is 35.5 Å². The molecule has 0 spiro atoms. The lowest BCUT2D eigenvalue weighted by Crippen LogP contribution is -2.51. The summed E-state index contributed by atoms with van der Waals surface area (Å²) in [4.78, 5) is 20.1. The molecule has 4 rings (SSSR count). The van der Waals surface area contributed by atoms with Crippen molar-refractivity contribution in [2.75, 3.05) is 6.54 Å². The van der Waals surface area contributed by atoms with Crippen LogP contribution >= 0.6 is 0 Å². The number of halogens is 3. The first-order valence-corrected chi connectivity index (χ1v) is 8.82. The Morgan fingerprint density at radius 1 is 1.21 bits per heavy atom. The molecule has 1 aromatic heterocycles. The molecule has 2 atom stereocenters. The minimum atomic E-state index is -4.59. The normalized spacial score (nSPS) is 24.5. The van der Waals surface area contributed by atoms with Crippen molar-refractivity contribution in [3.8, 4) is 0 Å². The van der Waals surface area contributed by atoms with Gasteiger partial charge in [-0.3, -0.25) is 4.79 Å². The molecule has 2 unspecified atom stereocenters. The summed E-state index contributed by atoms with van der Waals surface area (Å²) in [7, 11) is 0. The van der Waals surface area contributed by atoms with Crippen LogP contribution in [0.25, 0.3) is 0 Å². The van der Waals surface area contributed by atoms with Gasteiger partial charge >= 0.3 is 6.18 Å². The van der Waals surface area contributed by atoms with E-state index in [4.69, 9.17) is 4.84 Å². The number of amides is 1. The summed E-state index contributed by atoms with van der Waals surface area (Å²) in [5.41, 5.74) is 0.304. The van der Waals surface area contributed by atoms with Gasteiger partial charge in [0.05, 0.1) is 11.8 Å². The lowest BCUT2D eigenvalue weighted by Gasteiger charge is -2.37. The second-order valence-electron chi connectivity index (χ2n) is 7.11. The Labute approximate surface area is 158 Å². The lowest BCUT2D eigenvalue weighted by molar-refractivity contribution is -0.157.